The Morgan fingerprint density at radius 1 is 0.880 bits per heavy atom. The van der Waals surface area contributed by atoms with Gasteiger partial charge in [-0.3, -0.25) is 0 Å². The Morgan fingerprint density at radius 3 is 2.08 bits per heavy atom. The van der Waals surface area contributed by atoms with Gasteiger partial charge in [-0.25, -0.2) is 13.2 Å². The molecule has 0 atom stereocenters. The van der Waals surface area contributed by atoms with Crippen LogP contribution >= 0.6 is 0 Å². The summed E-state index contributed by atoms with van der Waals surface area (Å²) in [5.41, 5.74) is 0.568. The minimum atomic E-state index is -1.37. The van der Waals surface area contributed by atoms with Crippen LogP contribution in [0.4, 0.5) is 13.2 Å². The molecule has 1 aromatic carbocycles. The second-order valence-electron chi connectivity index (χ2n) is 7.46. The number of allylic oxidation sites excluding steroid dienone is 2. The molecule has 0 nitrogen and oxygen atoms in total. The van der Waals surface area contributed by atoms with Gasteiger partial charge in [-0.1, -0.05) is 57.6 Å². The van der Waals surface area contributed by atoms with Crippen molar-refractivity contribution in [1.29, 1.82) is 0 Å². The summed E-state index contributed by atoms with van der Waals surface area (Å²) in [7, 11) is 0. The first kappa shape index (κ1) is 20.1. The highest BCUT2D eigenvalue weighted by atomic mass is 19.2. The van der Waals surface area contributed by atoms with Gasteiger partial charge in [0.25, 0.3) is 0 Å². The van der Waals surface area contributed by atoms with Crippen LogP contribution in [0.15, 0.2) is 24.3 Å². The third kappa shape index (κ3) is 6.87. The van der Waals surface area contributed by atoms with Crippen LogP contribution < -0.4 is 0 Å². The van der Waals surface area contributed by atoms with E-state index in [1.165, 1.54) is 51.4 Å². The summed E-state index contributed by atoms with van der Waals surface area (Å²) in [5, 5.41) is 0. The van der Waals surface area contributed by atoms with Crippen LogP contribution in [0.3, 0.4) is 0 Å². The fraction of sp³-hybridized carbons (Fsp3) is 0.636. The van der Waals surface area contributed by atoms with Crippen LogP contribution in [-0.4, -0.2) is 0 Å². The van der Waals surface area contributed by atoms with Crippen LogP contribution in [0.2, 0.25) is 0 Å². The zero-order valence-corrected chi connectivity index (χ0v) is 15.4. The summed E-state index contributed by atoms with van der Waals surface area (Å²) in [6.07, 6.45) is 17.4. The fourth-order valence-electron chi connectivity index (χ4n) is 3.91. The highest BCUT2D eigenvalue weighted by Gasteiger charge is 2.21. The van der Waals surface area contributed by atoms with Gasteiger partial charge >= 0.3 is 0 Å². The molecule has 0 heterocycles. The number of rotatable bonds is 9. The number of unbranched alkanes of at least 4 members (excludes halogenated alkanes) is 2. The molecule has 0 aliphatic heterocycles. The van der Waals surface area contributed by atoms with Gasteiger partial charge < -0.3 is 0 Å². The van der Waals surface area contributed by atoms with Gasteiger partial charge in [0.05, 0.1) is 0 Å². The van der Waals surface area contributed by atoms with Gasteiger partial charge in [0.2, 0.25) is 0 Å². The summed E-state index contributed by atoms with van der Waals surface area (Å²) >= 11 is 0. The van der Waals surface area contributed by atoms with E-state index in [0.29, 0.717) is 17.9 Å². The molecule has 0 bridgehead atoms. The predicted molar refractivity (Wildman–Crippen MR) is 98.0 cm³/mol. The van der Waals surface area contributed by atoms with E-state index in [4.69, 9.17) is 0 Å². The maximum atomic E-state index is 13.3. The molecule has 3 heteroatoms. The molecule has 1 aromatic rings. The third-order valence-corrected chi connectivity index (χ3v) is 5.49. The Labute approximate surface area is 150 Å². The van der Waals surface area contributed by atoms with E-state index in [1.807, 2.05) is 0 Å². The topological polar surface area (TPSA) is 0 Å². The van der Waals surface area contributed by atoms with E-state index >= 15 is 0 Å². The molecular formula is C22H31F3. The normalized spacial score (nSPS) is 21.1. The monoisotopic (exact) mass is 352 g/mol. The van der Waals surface area contributed by atoms with E-state index in [9.17, 15) is 13.2 Å². The largest absolute Gasteiger partial charge is 0.204 e. The van der Waals surface area contributed by atoms with Crippen molar-refractivity contribution in [1.82, 2.24) is 0 Å². The second kappa shape index (κ2) is 10.7. The quantitative estimate of drug-likeness (QED) is 0.247. The summed E-state index contributed by atoms with van der Waals surface area (Å²) < 4.78 is 39.5. The van der Waals surface area contributed by atoms with Crippen molar-refractivity contribution < 1.29 is 13.2 Å². The molecule has 0 amide bonds. The first-order valence-electron chi connectivity index (χ1n) is 9.88. The first-order chi connectivity index (χ1) is 12.1. The molecule has 0 saturated heterocycles. The average molecular weight is 352 g/mol. The standard InChI is InChI=1S/C22H31F3/c1-2-3-4-5-6-7-8-17-9-11-18(12-10-17)13-14-19-15-20(23)22(25)21(24)16-19/h3-4,15-18H,2,5-14H2,1H3/b4-3+/t17-,18-. The molecule has 1 fully saturated rings. The van der Waals surface area contributed by atoms with E-state index in [1.54, 1.807) is 0 Å². The first-order valence-corrected chi connectivity index (χ1v) is 9.88. The molecule has 140 valence electrons. The molecule has 0 spiro atoms. The van der Waals surface area contributed by atoms with Crippen molar-refractivity contribution in [2.24, 2.45) is 11.8 Å². The molecule has 25 heavy (non-hydrogen) atoms. The Kier molecular flexibility index (Phi) is 8.57. The average Bonchev–Trinajstić information content (AvgIpc) is 2.61. The number of hydrogen-bond acceptors (Lipinski definition) is 0. The van der Waals surface area contributed by atoms with Crippen molar-refractivity contribution >= 4 is 0 Å². The zero-order chi connectivity index (χ0) is 18.1. The molecular weight excluding hydrogens is 321 g/mol. The molecule has 1 aliphatic rings. The molecule has 0 radical (unpaired) electrons. The number of halogens is 3. The van der Waals surface area contributed by atoms with Crippen molar-refractivity contribution in [2.75, 3.05) is 0 Å². The van der Waals surface area contributed by atoms with Crippen LogP contribution in [0.25, 0.3) is 0 Å². The maximum Gasteiger partial charge on any atom is 0.194 e. The minimum Gasteiger partial charge on any atom is -0.204 e. The number of benzene rings is 1. The number of aryl methyl sites for hydroxylation is 1. The maximum absolute atomic E-state index is 13.3. The zero-order valence-electron chi connectivity index (χ0n) is 15.4. The smallest absolute Gasteiger partial charge is 0.194 e. The molecule has 2 rings (SSSR count). The summed E-state index contributed by atoms with van der Waals surface area (Å²) in [5.74, 6) is -2.03. The van der Waals surface area contributed by atoms with Crippen LogP contribution in [0, 0.1) is 29.3 Å². The van der Waals surface area contributed by atoms with Crippen LogP contribution in [-0.2, 0) is 6.42 Å². The summed E-state index contributed by atoms with van der Waals surface area (Å²) in [6.45, 7) is 2.16. The van der Waals surface area contributed by atoms with Gasteiger partial charge in [0.15, 0.2) is 17.5 Å². The minimum absolute atomic E-state index is 0.568. The summed E-state index contributed by atoms with van der Waals surface area (Å²) in [4.78, 5) is 0. The van der Waals surface area contributed by atoms with Gasteiger partial charge in [0, 0.05) is 0 Å². The van der Waals surface area contributed by atoms with Crippen LogP contribution in [0.5, 0.6) is 0 Å². The Hall–Kier alpha value is -1.25. The van der Waals surface area contributed by atoms with E-state index in [0.717, 1.165) is 30.9 Å². The highest BCUT2D eigenvalue weighted by Crippen LogP contribution is 2.34. The lowest BCUT2D eigenvalue weighted by Crippen LogP contribution is -2.15. The lowest BCUT2D eigenvalue weighted by atomic mass is 9.78. The molecule has 1 saturated carbocycles. The van der Waals surface area contributed by atoms with E-state index in [2.05, 4.69) is 19.1 Å². The molecule has 0 N–H and O–H groups in total. The van der Waals surface area contributed by atoms with Gasteiger partial charge in [-0.15, -0.1) is 0 Å². The Morgan fingerprint density at radius 2 is 1.48 bits per heavy atom. The molecule has 1 aliphatic carbocycles. The van der Waals surface area contributed by atoms with Crippen molar-refractivity contribution in [3.63, 3.8) is 0 Å². The second-order valence-corrected chi connectivity index (χ2v) is 7.46. The van der Waals surface area contributed by atoms with Crippen molar-refractivity contribution in [3.05, 3.63) is 47.3 Å². The molecule has 0 unspecified atom stereocenters. The highest BCUT2D eigenvalue weighted by molar-refractivity contribution is 5.19. The van der Waals surface area contributed by atoms with E-state index in [-0.39, 0.29) is 0 Å². The third-order valence-electron chi connectivity index (χ3n) is 5.49. The Balaban J connectivity index is 1.63. The van der Waals surface area contributed by atoms with E-state index < -0.39 is 17.5 Å². The Bertz CT molecular complexity index is 519. The van der Waals surface area contributed by atoms with Gasteiger partial charge in [-0.05, 0) is 61.6 Å². The van der Waals surface area contributed by atoms with Crippen LogP contribution in [0.1, 0.15) is 76.7 Å². The summed E-state index contributed by atoms with van der Waals surface area (Å²) in [6, 6.07) is 2.27. The predicted octanol–water partition coefficient (Wildman–Crippen LogP) is 7.37. The van der Waals surface area contributed by atoms with Crippen molar-refractivity contribution in [3.8, 4) is 0 Å². The fourth-order valence-corrected chi connectivity index (χ4v) is 3.91. The van der Waals surface area contributed by atoms with Gasteiger partial charge in [-0.2, -0.15) is 0 Å². The number of hydrogen-bond donors (Lipinski definition) is 0. The molecule has 0 aromatic heterocycles. The van der Waals surface area contributed by atoms with Crippen molar-refractivity contribution in [2.45, 2.75) is 77.6 Å². The SMILES string of the molecule is CC/C=C/CCCC[C@H]1CC[C@H](CCc2cc(F)c(F)c(F)c2)CC1. The lowest BCUT2D eigenvalue weighted by molar-refractivity contribution is 0.249. The lowest BCUT2D eigenvalue weighted by Gasteiger charge is -2.28. The van der Waals surface area contributed by atoms with Gasteiger partial charge in [0.1, 0.15) is 0 Å².